The number of nitrogens with zero attached hydrogens (tertiary/aromatic N) is 1. The Morgan fingerprint density at radius 2 is 2.13 bits per heavy atom. The van der Waals surface area contributed by atoms with Crippen molar-refractivity contribution in [2.24, 2.45) is 0 Å². The number of rotatable bonds is 7. The molecule has 3 aromatic rings. The van der Waals surface area contributed by atoms with Gasteiger partial charge in [0.05, 0.1) is 11.1 Å². The van der Waals surface area contributed by atoms with Crippen LogP contribution < -0.4 is 20.9 Å². The van der Waals surface area contributed by atoms with Gasteiger partial charge in [0.1, 0.15) is 10.6 Å². The Kier molecular flexibility index (Phi) is 6.62. The van der Waals surface area contributed by atoms with Crippen molar-refractivity contribution in [3.05, 3.63) is 63.0 Å². The van der Waals surface area contributed by atoms with Crippen molar-refractivity contribution in [3.63, 3.8) is 0 Å². The molecular formula is C22H24N4O3S2. The van der Waals surface area contributed by atoms with E-state index in [4.69, 9.17) is 4.74 Å². The fourth-order valence-electron chi connectivity index (χ4n) is 3.37. The van der Waals surface area contributed by atoms with E-state index < -0.39 is 0 Å². The second kappa shape index (κ2) is 9.57. The van der Waals surface area contributed by atoms with E-state index in [0.29, 0.717) is 23.8 Å². The number of carbonyl (C=O) groups excluding carboxylic acids is 1. The fraction of sp³-hybridized carbons (Fsp3) is 0.318. The van der Waals surface area contributed by atoms with Crippen LogP contribution in [-0.2, 0) is 23.5 Å². The lowest BCUT2D eigenvalue weighted by atomic mass is 10.1. The molecule has 1 aliphatic rings. The molecule has 0 saturated carbocycles. The minimum atomic E-state index is -0.179. The van der Waals surface area contributed by atoms with Gasteiger partial charge in [-0.25, -0.2) is 4.98 Å². The summed E-state index contributed by atoms with van der Waals surface area (Å²) in [6, 6.07) is 7.44. The van der Waals surface area contributed by atoms with E-state index in [2.05, 4.69) is 27.2 Å². The van der Waals surface area contributed by atoms with Gasteiger partial charge in [0.15, 0.2) is 12.4 Å². The number of ether oxygens (including phenoxy) is 1. The van der Waals surface area contributed by atoms with E-state index in [1.165, 1.54) is 10.4 Å². The van der Waals surface area contributed by atoms with Gasteiger partial charge < -0.3 is 20.4 Å². The number of benzene rings is 1. The van der Waals surface area contributed by atoms with Crippen LogP contribution in [-0.4, -0.2) is 35.3 Å². The van der Waals surface area contributed by atoms with Crippen LogP contribution in [0.5, 0.6) is 5.75 Å². The molecule has 0 aliphatic carbocycles. The zero-order valence-electron chi connectivity index (χ0n) is 17.2. The van der Waals surface area contributed by atoms with Gasteiger partial charge in [-0.05, 0) is 41.9 Å². The summed E-state index contributed by atoms with van der Waals surface area (Å²) in [6.45, 7) is 4.55. The van der Waals surface area contributed by atoms with Gasteiger partial charge in [-0.2, -0.15) is 11.8 Å². The first-order valence-electron chi connectivity index (χ1n) is 10.0. The number of aryl methyl sites for hydroxylation is 1. The molecule has 1 aromatic carbocycles. The average Bonchev–Trinajstić information content (AvgIpc) is 2.98. The van der Waals surface area contributed by atoms with Crippen LogP contribution in [0.3, 0.4) is 0 Å². The highest BCUT2D eigenvalue weighted by molar-refractivity contribution is 7.98. The number of H-pyrrole nitrogens is 1. The molecule has 31 heavy (non-hydrogen) atoms. The monoisotopic (exact) mass is 456 g/mol. The van der Waals surface area contributed by atoms with Crippen LogP contribution >= 0.6 is 23.1 Å². The third kappa shape index (κ3) is 4.94. The van der Waals surface area contributed by atoms with Crippen molar-refractivity contribution < 1.29 is 9.53 Å². The molecule has 0 bridgehead atoms. The molecule has 0 saturated heterocycles. The number of likely N-dealkylation sites (N-methyl/N-ethyl adjacent to an activating group) is 1. The SMILES string of the molecule is C=C(NCc1ccc(OCC(=O)NC)cc1)c1nc2sc3c(c2c(=O)[nH]1)CCCSC3. The van der Waals surface area contributed by atoms with Crippen molar-refractivity contribution in [2.75, 3.05) is 19.4 Å². The quantitative estimate of drug-likeness (QED) is 0.506. The van der Waals surface area contributed by atoms with E-state index in [-0.39, 0.29) is 18.1 Å². The number of nitrogens with one attached hydrogen (secondary N) is 3. The summed E-state index contributed by atoms with van der Waals surface area (Å²) in [7, 11) is 1.57. The maximum Gasteiger partial charge on any atom is 0.260 e. The Balaban J connectivity index is 1.43. The van der Waals surface area contributed by atoms with E-state index >= 15 is 0 Å². The molecule has 7 nitrogen and oxygen atoms in total. The Morgan fingerprint density at radius 1 is 1.32 bits per heavy atom. The molecule has 0 spiro atoms. The van der Waals surface area contributed by atoms with Gasteiger partial charge in [0.2, 0.25) is 0 Å². The van der Waals surface area contributed by atoms with Crippen molar-refractivity contribution >= 4 is 44.9 Å². The summed E-state index contributed by atoms with van der Waals surface area (Å²) in [5.41, 5.74) is 2.65. The van der Waals surface area contributed by atoms with Crippen LogP contribution in [0.25, 0.3) is 15.9 Å². The summed E-state index contributed by atoms with van der Waals surface area (Å²) in [5, 5.41) is 6.48. The van der Waals surface area contributed by atoms with Crippen LogP contribution in [0.1, 0.15) is 28.2 Å². The van der Waals surface area contributed by atoms with Crippen LogP contribution in [0.15, 0.2) is 35.6 Å². The standard InChI is InChI=1S/C22H24N4O3S2/c1-13(24-10-14-5-7-15(8-6-14)29-11-18(27)23-2)20-25-21(28)19-16-4-3-9-30-12-17(16)31-22(19)26-20/h5-8,24H,1,3-4,9-12H2,2H3,(H,23,27)(H,25,26,28). The van der Waals surface area contributed by atoms with Crippen molar-refractivity contribution in [1.29, 1.82) is 0 Å². The number of fused-ring (bicyclic) bond motifs is 3. The zero-order valence-corrected chi connectivity index (χ0v) is 18.9. The van der Waals surface area contributed by atoms with E-state index in [1.807, 2.05) is 36.0 Å². The maximum absolute atomic E-state index is 12.8. The second-order valence-electron chi connectivity index (χ2n) is 7.19. The number of thiophene rings is 1. The Bertz CT molecular complexity index is 1170. The van der Waals surface area contributed by atoms with Gasteiger partial charge in [0.25, 0.3) is 11.5 Å². The third-order valence-corrected chi connectivity index (χ3v) is 7.44. The fourth-order valence-corrected chi connectivity index (χ4v) is 5.72. The molecule has 0 atom stereocenters. The minimum absolute atomic E-state index is 0.0166. The van der Waals surface area contributed by atoms with Crippen molar-refractivity contribution in [2.45, 2.75) is 25.1 Å². The summed E-state index contributed by atoms with van der Waals surface area (Å²) >= 11 is 3.53. The van der Waals surface area contributed by atoms with Gasteiger partial charge in [-0.3, -0.25) is 9.59 Å². The van der Waals surface area contributed by atoms with E-state index in [0.717, 1.165) is 40.1 Å². The van der Waals surface area contributed by atoms with Crippen molar-refractivity contribution in [1.82, 2.24) is 20.6 Å². The Morgan fingerprint density at radius 3 is 2.90 bits per heavy atom. The summed E-state index contributed by atoms with van der Waals surface area (Å²) < 4.78 is 5.40. The molecule has 0 fully saturated rings. The lowest BCUT2D eigenvalue weighted by molar-refractivity contribution is -0.122. The highest BCUT2D eigenvalue weighted by atomic mass is 32.2. The normalized spacial score (nSPS) is 13.3. The largest absolute Gasteiger partial charge is 0.484 e. The van der Waals surface area contributed by atoms with Crippen LogP contribution in [0.2, 0.25) is 0 Å². The summed E-state index contributed by atoms with van der Waals surface area (Å²) in [5.74, 6) is 2.99. The predicted octanol–water partition coefficient (Wildman–Crippen LogP) is 3.05. The van der Waals surface area contributed by atoms with Gasteiger partial charge in [0, 0.05) is 24.2 Å². The number of amides is 1. The molecule has 162 valence electrons. The Hall–Kier alpha value is -2.78. The molecule has 3 heterocycles. The lowest BCUT2D eigenvalue weighted by Gasteiger charge is -2.10. The second-order valence-corrected chi connectivity index (χ2v) is 9.38. The highest BCUT2D eigenvalue weighted by Gasteiger charge is 2.19. The van der Waals surface area contributed by atoms with E-state index in [9.17, 15) is 9.59 Å². The molecule has 3 N–H and O–H groups in total. The zero-order chi connectivity index (χ0) is 21.8. The first-order chi connectivity index (χ1) is 15.0. The van der Waals surface area contributed by atoms with E-state index in [1.54, 1.807) is 18.4 Å². The molecule has 2 aromatic heterocycles. The number of hydrogen-bond donors (Lipinski definition) is 3. The third-order valence-electron chi connectivity index (χ3n) is 5.06. The van der Waals surface area contributed by atoms with Gasteiger partial charge >= 0.3 is 0 Å². The molecule has 1 aliphatic heterocycles. The van der Waals surface area contributed by atoms with Crippen LogP contribution in [0.4, 0.5) is 0 Å². The van der Waals surface area contributed by atoms with Crippen LogP contribution in [0, 0.1) is 0 Å². The van der Waals surface area contributed by atoms with Crippen molar-refractivity contribution in [3.8, 4) is 5.75 Å². The minimum Gasteiger partial charge on any atom is -0.484 e. The lowest BCUT2D eigenvalue weighted by Crippen LogP contribution is -2.24. The smallest absolute Gasteiger partial charge is 0.260 e. The molecule has 9 heteroatoms. The average molecular weight is 457 g/mol. The van der Waals surface area contributed by atoms with Gasteiger partial charge in [-0.1, -0.05) is 18.7 Å². The first-order valence-corrected chi connectivity index (χ1v) is 12.0. The molecule has 1 amide bonds. The molecule has 4 rings (SSSR count). The molecule has 0 radical (unpaired) electrons. The number of thioether (sulfide) groups is 1. The molecule has 0 unspecified atom stereocenters. The summed E-state index contributed by atoms with van der Waals surface area (Å²) in [4.78, 5) is 33.7. The number of aromatic nitrogens is 2. The van der Waals surface area contributed by atoms with Gasteiger partial charge in [-0.15, -0.1) is 11.3 Å². The Labute approximate surface area is 188 Å². The topological polar surface area (TPSA) is 96.1 Å². The maximum atomic E-state index is 12.8. The number of carbonyl (C=O) groups is 1. The highest BCUT2D eigenvalue weighted by Crippen LogP contribution is 2.34. The first kappa shape index (κ1) is 21.5. The number of aromatic amines is 1. The predicted molar refractivity (Wildman–Crippen MR) is 127 cm³/mol. The summed E-state index contributed by atoms with van der Waals surface area (Å²) in [6.07, 6.45) is 2.03. The number of hydrogen-bond acceptors (Lipinski definition) is 7. The molecular weight excluding hydrogens is 432 g/mol.